The SMILES string of the molecule is CCOC(=O)Cn1ncc(=O)c2ccccc21. The van der Waals surface area contributed by atoms with Gasteiger partial charge in [0.05, 0.1) is 18.3 Å². The van der Waals surface area contributed by atoms with E-state index in [1.165, 1.54) is 10.9 Å². The Morgan fingerprint density at radius 1 is 1.41 bits per heavy atom. The molecule has 1 heterocycles. The van der Waals surface area contributed by atoms with Crippen molar-refractivity contribution in [2.75, 3.05) is 6.61 Å². The van der Waals surface area contributed by atoms with Crippen LogP contribution in [-0.2, 0) is 16.1 Å². The van der Waals surface area contributed by atoms with Crippen LogP contribution in [0.3, 0.4) is 0 Å². The van der Waals surface area contributed by atoms with Gasteiger partial charge in [-0.2, -0.15) is 5.10 Å². The van der Waals surface area contributed by atoms with Gasteiger partial charge in [0, 0.05) is 5.39 Å². The number of rotatable bonds is 3. The Morgan fingerprint density at radius 3 is 2.94 bits per heavy atom. The largest absolute Gasteiger partial charge is 0.465 e. The minimum absolute atomic E-state index is 0.00856. The third kappa shape index (κ3) is 2.33. The minimum Gasteiger partial charge on any atom is -0.465 e. The van der Waals surface area contributed by atoms with Gasteiger partial charge in [-0.05, 0) is 19.1 Å². The van der Waals surface area contributed by atoms with Gasteiger partial charge < -0.3 is 4.74 Å². The van der Waals surface area contributed by atoms with E-state index in [1.54, 1.807) is 31.2 Å². The molecule has 0 fully saturated rings. The highest BCUT2D eigenvalue weighted by Crippen LogP contribution is 2.07. The van der Waals surface area contributed by atoms with Gasteiger partial charge in [-0.1, -0.05) is 12.1 Å². The summed E-state index contributed by atoms with van der Waals surface area (Å²) < 4.78 is 6.31. The van der Waals surface area contributed by atoms with E-state index in [-0.39, 0.29) is 17.9 Å². The zero-order valence-electron chi connectivity index (χ0n) is 9.42. The predicted molar refractivity (Wildman–Crippen MR) is 62.6 cm³/mol. The Hall–Kier alpha value is -2.17. The number of nitrogens with zero attached hydrogens (tertiary/aromatic N) is 2. The average molecular weight is 232 g/mol. The maximum Gasteiger partial charge on any atom is 0.327 e. The van der Waals surface area contributed by atoms with Crippen LogP contribution in [0.2, 0.25) is 0 Å². The highest BCUT2D eigenvalue weighted by atomic mass is 16.5. The van der Waals surface area contributed by atoms with Crippen molar-refractivity contribution in [2.45, 2.75) is 13.5 Å². The van der Waals surface area contributed by atoms with Crippen LogP contribution in [0.15, 0.2) is 35.3 Å². The maximum absolute atomic E-state index is 11.6. The molecule has 2 rings (SSSR count). The first-order valence-corrected chi connectivity index (χ1v) is 5.33. The topological polar surface area (TPSA) is 61.2 Å². The quantitative estimate of drug-likeness (QED) is 0.739. The first-order valence-electron chi connectivity index (χ1n) is 5.33. The summed E-state index contributed by atoms with van der Waals surface area (Å²) in [7, 11) is 0. The molecule has 0 N–H and O–H groups in total. The van der Waals surface area contributed by atoms with Crippen molar-refractivity contribution in [1.29, 1.82) is 0 Å². The number of hydrogen-bond acceptors (Lipinski definition) is 4. The van der Waals surface area contributed by atoms with E-state index < -0.39 is 0 Å². The van der Waals surface area contributed by atoms with Crippen LogP contribution >= 0.6 is 0 Å². The number of aromatic nitrogens is 2. The Bertz CT molecular complexity index is 604. The van der Waals surface area contributed by atoms with Crippen LogP contribution in [0, 0.1) is 0 Å². The zero-order chi connectivity index (χ0) is 12.3. The van der Waals surface area contributed by atoms with E-state index in [1.807, 2.05) is 0 Å². The van der Waals surface area contributed by atoms with Crippen LogP contribution < -0.4 is 5.43 Å². The van der Waals surface area contributed by atoms with Crippen LogP contribution in [0.1, 0.15) is 6.92 Å². The highest BCUT2D eigenvalue weighted by Gasteiger charge is 2.07. The van der Waals surface area contributed by atoms with Gasteiger partial charge in [-0.3, -0.25) is 14.3 Å². The van der Waals surface area contributed by atoms with Gasteiger partial charge in [0.2, 0.25) is 5.43 Å². The van der Waals surface area contributed by atoms with Crippen LogP contribution in [0.4, 0.5) is 0 Å². The summed E-state index contributed by atoms with van der Waals surface area (Å²) in [6.45, 7) is 2.08. The first-order chi connectivity index (χ1) is 8.22. The smallest absolute Gasteiger partial charge is 0.327 e. The van der Waals surface area contributed by atoms with Gasteiger partial charge in [-0.25, -0.2) is 0 Å². The fraction of sp³-hybridized carbons (Fsp3) is 0.250. The molecule has 5 heteroatoms. The lowest BCUT2D eigenvalue weighted by molar-refractivity contribution is -0.143. The van der Waals surface area contributed by atoms with Gasteiger partial charge in [0.1, 0.15) is 6.54 Å². The number of benzene rings is 1. The second-order valence-corrected chi connectivity index (χ2v) is 3.49. The van der Waals surface area contributed by atoms with Crippen molar-refractivity contribution in [3.63, 3.8) is 0 Å². The van der Waals surface area contributed by atoms with Crippen LogP contribution in [-0.4, -0.2) is 22.4 Å². The number of hydrogen-bond donors (Lipinski definition) is 0. The highest BCUT2D eigenvalue weighted by molar-refractivity contribution is 5.79. The normalized spacial score (nSPS) is 10.4. The summed E-state index contributed by atoms with van der Waals surface area (Å²) >= 11 is 0. The van der Waals surface area contributed by atoms with Crippen molar-refractivity contribution in [3.8, 4) is 0 Å². The molecule has 0 aliphatic carbocycles. The summed E-state index contributed by atoms with van der Waals surface area (Å²) in [5.74, 6) is -0.367. The molecule has 2 aromatic rings. The molecule has 88 valence electrons. The summed E-state index contributed by atoms with van der Waals surface area (Å²) in [6, 6.07) is 7.04. The molecule has 0 saturated heterocycles. The Balaban J connectivity index is 2.45. The summed E-state index contributed by atoms with van der Waals surface area (Å²) in [5, 5.41) is 4.48. The van der Waals surface area contributed by atoms with E-state index in [0.717, 1.165) is 0 Å². The molecule has 1 aromatic heterocycles. The number of esters is 1. The fourth-order valence-electron chi connectivity index (χ4n) is 1.62. The van der Waals surface area contributed by atoms with Gasteiger partial charge >= 0.3 is 5.97 Å². The first kappa shape index (κ1) is 11.3. The molecule has 1 aromatic carbocycles. The molecular weight excluding hydrogens is 220 g/mol. The molecular formula is C12H12N2O3. The second-order valence-electron chi connectivity index (χ2n) is 3.49. The number of carbonyl (C=O) groups is 1. The fourth-order valence-corrected chi connectivity index (χ4v) is 1.62. The third-order valence-corrected chi connectivity index (χ3v) is 2.35. The molecule has 0 amide bonds. The van der Waals surface area contributed by atoms with Crippen molar-refractivity contribution in [1.82, 2.24) is 9.78 Å². The average Bonchev–Trinajstić information content (AvgIpc) is 2.34. The molecule has 0 aliphatic heterocycles. The van der Waals surface area contributed by atoms with E-state index in [4.69, 9.17) is 4.74 Å². The van der Waals surface area contributed by atoms with Gasteiger partial charge in [-0.15, -0.1) is 0 Å². The van der Waals surface area contributed by atoms with Crippen molar-refractivity contribution in [3.05, 3.63) is 40.7 Å². The zero-order valence-corrected chi connectivity index (χ0v) is 9.42. The van der Waals surface area contributed by atoms with Crippen molar-refractivity contribution < 1.29 is 9.53 Å². The number of ether oxygens (including phenoxy) is 1. The van der Waals surface area contributed by atoms with E-state index in [2.05, 4.69) is 5.10 Å². The van der Waals surface area contributed by atoms with E-state index in [9.17, 15) is 9.59 Å². The number of carbonyl (C=O) groups excluding carboxylic acids is 1. The lowest BCUT2D eigenvalue weighted by atomic mass is 10.2. The summed E-state index contributed by atoms with van der Waals surface area (Å²) in [5.41, 5.74) is 0.480. The lowest BCUT2D eigenvalue weighted by Crippen LogP contribution is -2.19. The van der Waals surface area contributed by atoms with Crippen LogP contribution in [0.5, 0.6) is 0 Å². The number of para-hydroxylation sites is 1. The second kappa shape index (κ2) is 4.78. The maximum atomic E-state index is 11.6. The van der Waals surface area contributed by atoms with E-state index >= 15 is 0 Å². The molecule has 0 saturated carbocycles. The van der Waals surface area contributed by atoms with Crippen molar-refractivity contribution >= 4 is 16.9 Å². The molecule has 0 atom stereocenters. The molecule has 0 bridgehead atoms. The molecule has 17 heavy (non-hydrogen) atoms. The molecule has 0 unspecified atom stereocenters. The molecule has 0 spiro atoms. The standard InChI is InChI=1S/C12H12N2O3/c1-2-17-12(16)8-14-10-6-4-3-5-9(10)11(15)7-13-14/h3-7H,2,8H2,1H3. The number of fused-ring (bicyclic) bond motifs is 1. The minimum atomic E-state index is -0.367. The third-order valence-electron chi connectivity index (χ3n) is 2.35. The predicted octanol–water partition coefficient (Wildman–Crippen LogP) is 0.960. The monoisotopic (exact) mass is 232 g/mol. The van der Waals surface area contributed by atoms with Crippen LogP contribution in [0.25, 0.3) is 10.9 Å². The molecule has 0 aliphatic rings. The molecule has 5 nitrogen and oxygen atoms in total. The Labute approximate surface area is 97.6 Å². The Morgan fingerprint density at radius 2 is 2.18 bits per heavy atom. The molecule has 0 radical (unpaired) electrons. The van der Waals surface area contributed by atoms with E-state index in [0.29, 0.717) is 17.5 Å². The van der Waals surface area contributed by atoms with Gasteiger partial charge in [0.25, 0.3) is 0 Å². The summed E-state index contributed by atoms with van der Waals surface area (Å²) in [6.07, 6.45) is 1.21. The Kier molecular flexibility index (Phi) is 3.18. The van der Waals surface area contributed by atoms with Gasteiger partial charge in [0.15, 0.2) is 0 Å². The summed E-state index contributed by atoms with van der Waals surface area (Å²) in [4.78, 5) is 22.9. The van der Waals surface area contributed by atoms with Crippen molar-refractivity contribution in [2.24, 2.45) is 0 Å². The lowest BCUT2D eigenvalue weighted by Gasteiger charge is -2.08.